The summed E-state index contributed by atoms with van der Waals surface area (Å²) in [6, 6.07) is 2.88. The minimum Gasteiger partial charge on any atom is -0.348 e. The van der Waals surface area contributed by atoms with Gasteiger partial charge in [0, 0.05) is 13.2 Å². The Labute approximate surface area is 73.8 Å². The zero-order valence-corrected chi connectivity index (χ0v) is 6.99. The van der Waals surface area contributed by atoms with Crippen LogP contribution in [0.25, 0.3) is 11.0 Å². The Morgan fingerprint density at radius 2 is 2.31 bits per heavy atom. The molecule has 4 heteroatoms. The Kier molecular flexibility index (Phi) is 1.62. The van der Waals surface area contributed by atoms with Crippen molar-refractivity contribution in [1.82, 2.24) is 9.55 Å². The van der Waals surface area contributed by atoms with Crippen LogP contribution in [0.5, 0.6) is 0 Å². The second kappa shape index (κ2) is 2.65. The standard InChI is InChI=1S/C9H7FN2O/c1-12-4-6(5-13)9-7(12)2-3-8(10)11-9/h2-5H,1H3. The normalized spacial score (nSPS) is 10.6. The van der Waals surface area contributed by atoms with Crippen LogP contribution in [0.4, 0.5) is 4.39 Å². The van der Waals surface area contributed by atoms with Crippen LogP contribution in [-0.4, -0.2) is 15.8 Å². The van der Waals surface area contributed by atoms with Crippen LogP contribution >= 0.6 is 0 Å². The molecule has 0 N–H and O–H groups in total. The fourth-order valence-electron chi connectivity index (χ4n) is 1.35. The predicted molar refractivity (Wildman–Crippen MR) is 46.1 cm³/mol. The van der Waals surface area contributed by atoms with E-state index in [1.165, 1.54) is 6.07 Å². The van der Waals surface area contributed by atoms with Gasteiger partial charge in [-0.25, -0.2) is 4.98 Å². The van der Waals surface area contributed by atoms with Gasteiger partial charge in [-0.15, -0.1) is 0 Å². The van der Waals surface area contributed by atoms with Gasteiger partial charge in [0.2, 0.25) is 5.95 Å². The lowest BCUT2D eigenvalue weighted by molar-refractivity contribution is 0.112. The molecule has 0 atom stereocenters. The van der Waals surface area contributed by atoms with Gasteiger partial charge in [0.15, 0.2) is 6.29 Å². The molecule has 66 valence electrons. The maximum Gasteiger partial charge on any atom is 0.213 e. The fourth-order valence-corrected chi connectivity index (χ4v) is 1.35. The van der Waals surface area contributed by atoms with Crippen molar-refractivity contribution >= 4 is 17.3 Å². The number of carbonyl (C=O) groups is 1. The van der Waals surface area contributed by atoms with Crippen molar-refractivity contribution in [3.63, 3.8) is 0 Å². The maximum atomic E-state index is 12.7. The summed E-state index contributed by atoms with van der Waals surface area (Å²) in [6.45, 7) is 0. The Morgan fingerprint density at radius 3 is 3.00 bits per heavy atom. The molecule has 0 amide bonds. The van der Waals surface area contributed by atoms with Gasteiger partial charge < -0.3 is 4.57 Å². The molecule has 0 aromatic carbocycles. The number of aldehydes is 1. The van der Waals surface area contributed by atoms with E-state index in [1.54, 1.807) is 23.9 Å². The SMILES string of the molecule is Cn1cc(C=O)c2nc(F)ccc21. The Bertz CT molecular complexity index is 476. The molecule has 0 spiro atoms. The Hall–Kier alpha value is -1.71. The molecular weight excluding hydrogens is 171 g/mol. The van der Waals surface area contributed by atoms with Gasteiger partial charge in [0.05, 0.1) is 11.1 Å². The van der Waals surface area contributed by atoms with Crippen molar-refractivity contribution in [2.45, 2.75) is 0 Å². The first-order valence-electron chi connectivity index (χ1n) is 3.79. The van der Waals surface area contributed by atoms with Crippen molar-refractivity contribution in [2.75, 3.05) is 0 Å². The molecule has 0 saturated carbocycles. The van der Waals surface area contributed by atoms with Crippen molar-refractivity contribution < 1.29 is 9.18 Å². The molecule has 0 aliphatic heterocycles. The van der Waals surface area contributed by atoms with Crippen LogP contribution in [0.2, 0.25) is 0 Å². The van der Waals surface area contributed by atoms with Gasteiger partial charge in [-0.3, -0.25) is 4.79 Å². The van der Waals surface area contributed by atoms with Crippen molar-refractivity contribution in [2.24, 2.45) is 7.05 Å². The van der Waals surface area contributed by atoms with Crippen LogP contribution in [0.15, 0.2) is 18.3 Å². The average molecular weight is 178 g/mol. The quantitative estimate of drug-likeness (QED) is 0.490. The molecule has 2 rings (SSSR count). The lowest BCUT2D eigenvalue weighted by Crippen LogP contribution is -1.86. The minimum atomic E-state index is -0.568. The molecule has 0 fully saturated rings. The average Bonchev–Trinajstić information content (AvgIpc) is 2.42. The molecule has 0 saturated heterocycles. The zero-order chi connectivity index (χ0) is 9.42. The van der Waals surface area contributed by atoms with E-state index in [2.05, 4.69) is 4.98 Å². The number of pyridine rings is 1. The molecular formula is C9H7FN2O. The van der Waals surface area contributed by atoms with E-state index in [4.69, 9.17) is 0 Å². The summed E-state index contributed by atoms with van der Waals surface area (Å²) in [7, 11) is 1.79. The summed E-state index contributed by atoms with van der Waals surface area (Å²) in [6.07, 6.45) is 2.30. The van der Waals surface area contributed by atoms with Gasteiger partial charge in [0.25, 0.3) is 0 Å². The highest BCUT2D eigenvalue weighted by molar-refractivity contribution is 5.94. The summed E-state index contributed by atoms with van der Waals surface area (Å²) < 4.78 is 14.5. The highest BCUT2D eigenvalue weighted by atomic mass is 19.1. The Balaban J connectivity index is 2.89. The van der Waals surface area contributed by atoms with Gasteiger partial charge in [-0.2, -0.15) is 4.39 Å². The molecule has 2 aromatic rings. The molecule has 0 radical (unpaired) electrons. The monoisotopic (exact) mass is 178 g/mol. The number of hydrogen-bond donors (Lipinski definition) is 0. The lowest BCUT2D eigenvalue weighted by atomic mass is 10.3. The number of rotatable bonds is 1. The summed E-state index contributed by atoms with van der Waals surface area (Å²) in [5.41, 5.74) is 1.58. The molecule has 3 nitrogen and oxygen atoms in total. The zero-order valence-electron chi connectivity index (χ0n) is 6.99. The number of carbonyl (C=O) groups excluding carboxylic acids is 1. The first-order valence-corrected chi connectivity index (χ1v) is 3.79. The number of nitrogens with zero attached hydrogens (tertiary/aromatic N) is 2. The highest BCUT2D eigenvalue weighted by Crippen LogP contribution is 2.16. The predicted octanol–water partition coefficient (Wildman–Crippen LogP) is 1.52. The van der Waals surface area contributed by atoms with E-state index in [-0.39, 0.29) is 0 Å². The molecule has 2 heterocycles. The number of fused-ring (bicyclic) bond motifs is 1. The van der Waals surface area contributed by atoms with Crippen molar-refractivity contribution in [1.29, 1.82) is 0 Å². The maximum absolute atomic E-state index is 12.7. The van der Waals surface area contributed by atoms with Gasteiger partial charge in [-0.05, 0) is 12.1 Å². The molecule has 0 aliphatic carbocycles. The minimum absolute atomic E-state index is 0.414. The second-order valence-corrected chi connectivity index (χ2v) is 2.81. The van der Waals surface area contributed by atoms with Crippen molar-refractivity contribution in [3.05, 3.63) is 29.8 Å². The van der Waals surface area contributed by atoms with Gasteiger partial charge >= 0.3 is 0 Å². The molecule has 0 aliphatic rings. The van der Waals surface area contributed by atoms with Crippen LogP contribution in [-0.2, 0) is 7.05 Å². The third kappa shape index (κ3) is 1.11. The number of hydrogen-bond acceptors (Lipinski definition) is 2. The third-order valence-electron chi connectivity index (χ3n) is 1.95. The van der Waals surface area contributed by atoms with Crippen molar-refractivity contribution in [3.8, 4) is 0 Å². The Morgan fingerprint density at radius 1 is 1.54 bits per heavy atom. The molecule has 0 bridgehead atoms. The van der Waals surface area contributed by atoms with E-state index in [1.807, 2.05) is 0 Å². The molecule has 0 unspecified atom stereocenters. The van der Waals surface area contributed by atoms with E-state index in [9.17, 15) is 9.18 Å². The smallest absolute Gasteiger partial charge is 0.213 e. The fraction of sp³-hybridized carbons (Fsp3) is 0.111. The van der Waals surface area contributed by atoms with E-state index in [0.717, 1.165) is 5.52 Å². The largest absolute Gasteiger partial charge is 0.348 e. The first kappa shape index (κ1) is 7.91. The number of aryl methyl sites for hydroxylation is 1. The van der Waals surface area contributed by atoms with Crippen LogP contribution in [0.3, 0.4) is 0 Å². The van der Waals surface area contributed by atoms with Gasteiger partial charge in [-0.1, -0.05) is 0 Å². The summed E-state index contributed by atoms with van der Waals surface area (Å²) >= 11 is 0. The topological polar surface area (TPSA) is 34.9 Å². The lowest BCUT2D eigenvalue weighted by Gasteiger charge is -1.93. The van der Waals surface area contributed by atoms with E-state index < -0.39 is 5.95 Å². The molecule has 13 heavy (non-hydrogen) atoms. The van der Waals surface area contributed by atoms with Gasteiger partial charge in [0.1, 0.15) is 5.52 Å². The third-order valence-corrected chi connectivity index (χ3v) is 1.95. The highest BCUT2D eigenvalue weighted by Gasteiger charge is 2.07. The number of halogens is 1. The van der Waals surface area contributed by atoms with Crippen LogP contribution in [0.1, 0.15) is 10.4 Å². The van der Waals surface area contributed by atoms with E-state index in [0.29, 0.717) is 17.4 Å². The number of aromatic nitrogens is 2. The summed E-state index contributed by atoms with van der Waals surface area (Å²) in [5.74, 6) is -0.568. The van der Waals surface area contributed by atoms with E-state index >= 15 is 0 Å². The summed E-state index contributed by atoms with van der Waals surface area (Å²) in [4.78, 5) is 14.2. The molecule has 2 aromatic heterocycles. The van der Waals surface area contributed by atoms with Crippen LogP contribution < -0.4 is 0 Å². The first-order chi connectivity index (χ1) is 6.22. The summed E-state index contributed by atoms with van der Waals surface area (Å²) in [5, 5.41) is 0. The second-order valence-electron chi connectivity index (χ2n) is 2.81. The van der Waals surface area contributed by atoms with Crippen LogP contribution in [0, 0.1) is 5.95 Å².